The molecule has 0 unspecified atom stereocenters. The number of benzene rings is 1. The molecule has 1 saturated heterocycles. The molecule has 0 aliphatic carbocycles. The molecule has 160 valence electrons. The van der Waals surface area contributed by atoms with Gasteiger partial charge in [-0.25, -0.2) is 8.42 Å². The highest BCUT2D eigenvalue weighted by Crippen LogP contribution is 2.23. The van der Waals surface area contributed by atoms with E-state index >= 15 is 0 Å². The van der Waals surface area contributed by atoms with Gasteiger partial charge < -0.3 is 15.4 Å². The fourth-order valence-electron chi connectivity index (χ4n) is 3.06. The minimum Gasteiger partial charge on any atom is -0.379 e. The molecule has 30 heavy (non-hydrogen) atoms. The molecule has 0 atom stereocenters. The average Bonchev–Trinajstić information content (AvgIpc) is 2.78. The van der Waals surface area contributed by atoms with E-state index in [9.17, 15) is 18.0 Å². The van der Waals surface area contributed by atoms with Crippen molar-refractivity contribution >= 4 is 27.5 Å². The largest absolute Gasteiger partial charge is 0.379 e. The van der Waals surface area contributed by atoms with Crippen LogP contribution in [0.15, 0.2) is 47.6 Å². The predicted octanol–water partition coefficient (Wildman–Crippen LogP) is 1.03. The van der Waals surface area contributed by atoms with E-state index in [0.717, 1.165) is 0 Å². The van der Waals surface area contributed by atoms with Crippen LogP contribution in [-0.4, -0.2) is 62.4 Å². The maximum Gasteiger partial charge on any atom is 0.251 e. The second kappa shape index (κ2) is 9.79. The van der Waals surface area contributed by atoms with Crippen LogP contribution in [0.3, 0.4) is 0 Å². The minimum atomic E-state index is -3.75. The van der Waals surface area contributed by atoms with Crippen LogP contribution in [-0.2, 0) is 26.0 Å². The number of nitrogens with one attached hydrogen (secondary N) is 2. The van der Waals surface area contributed by atoms with Crippen molar-refractivity contribution in [2.45, 2.75) is 18.2 Å². The van der Waals surface area contributed by atoms with Gasteiger partial charge in [0.1, 0.15) is 0 Å². The third kappa shape index (κ3) is 5.21. The Labute approximate surface area is 175 Å². The summed E-state index contributed by atoms with van der Waals surface area (Å²) in [5.74, 6) is -0.944. The molecule has 2 aromatic rings. The van der Waals surface area contributed by atoms with Crippen LogP contribution in [0.25, 0.3) is 0 Å². The van der Waals surface area contributed by atoms with E-state index in [1.54, 1.807) is 30.5 Å². The third-order valence-corrected chi connectivity index (χ3v) is 6.63. The Hall–Kier alpha value is -2.82. The van der Waals surface area contributed by atoms with E-state index in [4.69, 9.17) is 4.74 Å². The molecule has 3 rings (SSSR count). The SMILES string of the molecule is CCc1ccc(C(=O)NCC(=O)Nc2cccnc2)cc1S(=O)(=O)N1CCOCC1. The fourth-order valence-corrected chi connectivity index (χ4v) is 4.79. The van der Waals surface area contributed by atoms with Crippen molar-refractivity contribution in [2.75, 3.05) is 38.2 Å². The monoisotopic (exact) mass is 432 g/mol. The smallest absolute Gasteiger partial charge is 0.251 e. The summed E-state index contributed by atoms with van der Waals surface area (Å²) in [7, 11) is -3.75. The molecule has 2 N–H and O–H groups in total. The summed E-state index contributed by atoms with van der Waals surface area (Å²) in [5.41, 5.74) is 1.32. The number of nitrogens with zero attached hydrogens (tertiary/aromatic N) is 2. The molecule has 1 aliphatic rings. The molecule has 2 amide bonds. The summed E-state index contributed by atoms with van der Waals surface area (Å²) in [4.78, 5) is 28.5. The van der Waals surface area contributed by atoms with Crippen molar-refractivity contribution in [3.05, 3.63) is 53.9 Å². The van der Waals surface area contributed by atoms with Gasteiger partial charge in [0.2, 0.25) is 15.9 Å². The van der Waals surface area contributed by atoms with Crippen molar-refractivity contribution in [3.63, 3.8) is 0 Å². The molecule has 0 saturated carbocycles. The van der Waals surface area contributed by atoms with Crippen molar-refractivity contribution < 1.29 is 22.7 Å². The number of morpholine rings is 1. The van der Waals surface area contributed by atoms with Crippen LogP contribution in [0, 0.1) is 0 Å². The lowest BCUT2D eigenvalue weighted by Gasteiger charge is -2.27. The minimum absolute atomic E-state index is 0.111. The van der Waals surface area contributed by atoms with Gasteiger partial charge >= 0.3 is 0 Å². The van der Waals surface area contributed by atoms with Crippen LogP contribution in [0.1, 0.15) is 22.8 Å². The van der Waals surface area contributed by atoms with Gasteiger partial charge in [0.25, 0.3) is 5.91 Å². The van der Waals surface area contributed by atoms with Gasteiger partial charge in [0, 0.05) is 24.8 Å². The van der Waals surface area contributed by atoms with Gasteiger partial charge in [-0.2, -0.15) is 4.31 Å². The Balaban J connectivity index is 1.72. The molecule has 2 heterocycles. The highest BCUT2D eigenvalue weighted by molar-refractivity contribution is 7.89. The van der Waals surface area contributed by atoms with E-state index in [1.807, 2.05) is 6.92 Å². The number of anilines is 1. The Morgan fingerprint density at radius 3 is 2.63 bits per heavy atom. The molecule has 1 fully saturated rings. The van der Waals surface area contributed by atoms with Crippen LogP contribution >= 0.6 is 0 Å². The summed E-state index contributed by atoms with van der Waals surface area (Å²) < 4.78 is 32.8. The Morgan fingerprint density at radius 2 is 1.97 bits per heavy atom. The highest BCUT2D eigenvalue weighted by Gasteiger charge is 2.29. The molecule has 0 bridgehead atoms. The zero-order valence-corrected chi connectivity index (χ0v) is 17.4. The van der Waals surface area contributed by atoms with Crippen molar-refractivity contribution in [2.24, 2.45) is 0 Å². The second-order valence-electron chi connectivity index (χ2n) is 6.67. The number of ether oxygens (including phenoxy) is 1. The lowest BCUT2D eigenvalue weighted by Crippen LogP contribution is -2.41. The zero-order valence-electron chi connectivity index (χ0n) is 16.6. The van der Waals surface area contributed by atoms with Gasteiger partial charge in [-0.05, 0) is 36.2 Å². The molecule has 1 aliphatic heterocycles. The number of hydrogen-bond donors (Lipinski definition) is 2. The van der Waals surface area contributed by atoms with E-state index in [1.165, 1.54) is 16.6 Å². The topological polar surface area (TPSA) is 118 Å². The van der Waals surface area contributed by atoms with Gasteiger partial charge in [-0.3, -0.25) is 14.6 Å². The number of pyridine rings is 1. The van der Waals surface area contributed by atoms with Gasteiger partial charge in [-0.15, -0.1) is 0 Å². The van der Waals surface area contributed by atoms with E-state index in [2.05, 4.69) is 15.6 Å². The van der Waals surface area contributed by atoms with Gasteiger partial charge in [-0.1, -0.05) is 13.0 Å². The number of rotatable bonds is 7. The number of carbonyl (C=O) groups excluding carboxylic acids is 2. The summed E-state index contributed by atoms with van der Waals surface area (Å²) in [5, 5.41) is 5.13. The normalized spacial score (nSPS) is 14.8. The molecule has 10 heteroatoms. The van der Waals surface area contributed by atoms with Crippen molar-refractivity contribution in [1.29, 1.82) is 0 Å². The molecule has 0 radical (unpaired) electrons. The van der Waals surface area contributed by atoms with Crippen molar-refractivity contribution in [3.8, 4) is 0 Å². The number of carbonyl (C=O) groups is 2. The molecule has 1 aromatic heterocycles. The van der Waals surface area contributed by atoms with Crippen LogP contribution in [0.4, 0.5) is 5.69 Å². The second-order valence-corrected chi connectivity index (χ2v) is 8.57. The summed E-state index contributed by atoms with van der Waals surface area (Å²) in [6.45, 7) is 2.83. The van der Waals surface area contributed by atoms with E-state index in [0.29, 0.717) is 30.9 Å². The maximum atomic E-state index is 13.1. The van der Waals surface area contributed by atoms with Crippen LogP contribution in [0.5, 0.6) is 0 Å². The molecular formula is C20H24N4O5S. The number of amides is 2. The first kappa shape index (κ1) is 21.9. The Bertz CT molecular complexity index is 1010. The van der Waals surface area contributed by atoms with Gasteiger partial charge in [0.05, 0.1) is 36.5 Å². The lowest BCUT2D eigenvalue weighted by molar-refractivity contribution is -0.115. The molecular weight excluding hydrogens is 408 g/mol. The molecule has 9 nitrogen and oxygen atoms in total. The first-order chi connectivity index (χ1) is 14.4. The number of aromatic nitrogens is 1. The average molecular weight is 433 g/mol. The third-order valence-electron chi connectivity index (χ3n) is 4.65. The standard InChI is InChI=1S/C20H24N4O5S/c1-2-15-5-6-16(12-18(15)30(27,28)24-8-10-29-11-9-24)20(26)22-14-19(25)23-17-4-3-7-21-13-17/h3-7,12-13H,2,8-11,14H2,1H3,(H,22,26)(H,23,25). The predicted molar refractivity (Wildman–Crippen MR) is 111 cm³/mol. The maximum absolute atomic E-state index is 13.1. The van der Waals surface area contributed by atoms with Crippen LogP contribution in [0.2, 0.25) is 0 Å². The van der Waals surface area contributed by atoms with Crippen molar-refractivity contribution in [1.82, 2.24) is 14.6 Å². The lowest BCUT2D eigenvalue weighted by atomic mass is 10.1. The van der Waals surface area contributed by atoms with E-state index < -0.39 is 21.8 Å². The van der Waals surface area contributed by atoms with E-state index in [-0.39, 0.29) is 30.1 Å². The quantitative estimate of drug-likeness (QED) is 0.675. The van der Waals surface area contributed by atoms with Gasteiger partial charge in [0.15, 0.2) is 0 Å². The molecule has 0 spiro atoms. The number of aryl methyl sites for hydroxylation is 1. The first-order valence-electron chi connectivity index (χ1n) is 9.60. The number of sulfonamides is 1. The summed E-state index contributed by atoms with van der Waals surface area (Å²) in [6, 6.07) is 7.93. The first-order valence-corrected chi connectivity index (χ1v) is 11.0. The van der Waals surface area contributed by atoms with Crippen LogP contribution < -0.4 is 10.6 Å². The zero-order chi connectivity index (χ0) is 21.6. The number of hydrogen-bond acceptors (Lipinski definition) is 6. The Kier molecular flexibility index (Phi) is 7.14. The fraction of sp³-hybridized carbons (Fsp3) is 0.350. The summed E-state index contributed by atoms with van der Waals surface area (Å²) >= 11 is 0. The molecule has 1 aromatic carbocycles. The summed E-state index contributed by atoms with van der Waals surface area (Å²) in [6.07, 6.45) is 3.58. The Morgan fingerprint density at radius 1 is 1.20 bits per heavy atom. The highest BCUT2D eigenvalue weighted by atomic mass is 32.2.